The number of hydrogen-bond acceptors (Lipinski definition) is 3. The highest BCUT2D eigenvalue weighted by Gasteiger charge is 2.37. The lowest BCUT2D eigenvalue weighted by molar-refractivity contribution is 0.117. The maximum Gasteiger partial charge on any atom is 0.318 e. The first-order valence-corrected chi connectivity index (χ1v) is 8.76. The predicted octanol–water partition coefficient (Wildman–Crippen LogP) is 3.49. The maximum absolute atomic E-state index is 12.8. The van der Waals surface area contributed by atoms with Crippen molar-refractivity contribution in [3.05, 3.63) is 23.3 Å². The quantitative estimate of drug-likeness (QED) is 0.922. The molecule has 5 heteroatoms. The summed E-state index contributed by atoms with van der Waals surface area (Å²) in [6.45, 7) is 4.85. The van der Waals surface area contributed by atoms with E-state index in [2.05, 4.69) is 19.2 Å². The van der Waals surface area contributed by atoms with Gasteiger partial charge in [-0.05, 0) is 56.4 Å². The van der Waals surface area contributed by atoms with Crippen molar-refractivity contribution in [1.82, 2.24) is 10.2 Å². The van der Waals surface area contributed by atoms with Gasteiger partial charge in [-0.15, -0.1) is 0 Å². The van der Waals surface area contributed by atoms with Crippen LogP contribution in [-0.4, -0.2) is 36.7 Å². The van der Waals surface area contributed by atoms with Crippen molar-refractivity contribution in [3.8, 4) is 11.5 Å². The van der Waals surface area contributed by atoms with Crippen LogP contribution >= 0.6 is 0 Å². The Kier molecular flexibility index (Phi) is 4.61. The molecule has 1 saturated carbocycles. The van der Waals surface area contributed by atoms with E-state index < -0.39 is 0 Å². The summed E-state index contributed by atoms with van der Waals surface area (Å²) >= 11 is 0. The predicted molar refractivity (Wildman–Crippen MR) is 93.7 cm³/mol. The number of nitrogens with one attached hydrogen (secondary N) is 1. The van der Waals surface area contributed by atoms with Crippen LogP contribution < -0.4 is 14.8 Å². The van der Waals surface area contributed by atoms with Crippen LogP contribution in [0.4, 0.5) is 4.79 Å². The van der Waals surface area contributed by atoms with Gasteiger partial charge in [-0.1, -0.05) is 12.8 Å². The molecule has 1 aliphatic carbocycles. The molecule has 1 aliphatic heterocycles. The number of methoxy groups -OCH3 is 2. The van der Waals surface area contributed by atoms with Gasteiger partial charge < -0.3 is 19.7 Å². The summed E-state index contributed by atoms with van der Waals surface area (Å²) in [4.78, 5) is 14.8. The van der Waals surface area contributed by atoms with Crippen molar-refractivity contribution >= 4 is 6.03 Å². The lowest BCUT2D eigenvalue weighted by atomic mass is 9.85. The van der Waals surface area contributed by atoms with Gasteiger partial charge in [-0.2, -0.15) is 0 Å². The standard InChI is InChI=1S/C19H28N2O3/c1-19(2)11-13-9-16(23-3)17(24-4)10-14(13)12-21(19)18(22)20-15-7-5-6-8-15/h9-10,15H,5-8,11-12H2,1-4H3,(H,20,22). The van der Waals surface area contributed by atoms with Crippen LogP contribution in [0.1, 0.15) is 50.7 Å². The Morgan fingerprint density at radius 3 is 2.29 bits per heavy atom. The monoisotopic (exact) mass is 332 g/mol. The summed E-state index contributed by atoms with van der Waals surface area (Å²) in [5.41, 5.74) is 2.13. The number of rotatable bonds is 3. The van der Waals surface area contributed by atoms with Crippen LogP contribution in [0.5, 0.6) is 11.5 Å². The molecule has 24 heavy (non-hydrogen) atoms. The molecular formula is C19H28N2O3. The summed E-state index contributed by atoms with van der Waals surface area (Å²) < 4.78 is 10.8. The number of fused-ring (bicyclic) bond motifs is 1. The molecule has 3 rings (SSSR count). The van der Waals surface area contributed by atoms with Gasteiger partial charge >= 0.3 is 6.03 Å². The van der Waals surface area contributed by atoms with E-state index in [1.807, 2.05) is 17.0 Å². The van der Waals surface area contributed by atoms with E-state index in [1.165, 1.54) is 18.4 Å². The summed E-state index contributed by atoms with van der Waals surface area (Å²) in [6, 6.07) is 4.42. The molecule has 5 nitrogen and oxygen atoms in total. The number of nitrogens with zero attached hydrogens (tertiary/aromatic N) is 1. The zero-order chi connectivity index (χ0) is 17.3. The molecule has 0 unspecified atom stereocenters. The van der Waals surface area contributed by atoms with Crippen molar-refractivity contribution in [2.45, 2.75) is 64.1 Å². The van der Waals surface area contributed by atoms with Gasteiger partial charge in [0.15, 0.2) is 11.5 Å². The number of carbonyl (C=O) groups is 1. The highest BCUT2D eigenvalue weighted by molar-refractivity contribution is 5.76. The zero-order valence-electron chi connectivity index (χ0n) is 15.1. The normalized spacial score (nSPS) is 19.8. The number of ether oxygens (including phenoxy) is 2. The van der Waals surface area contributed by atoms with E-state index >= 15 is 0 Å². The summed E-state index contributed by atoms with van der Waals surface area (Å²) in [5, 5.41) is 3.22. The Labute approximate surface area is 144 Å². The molecule has 0 saturated heterocycles. The minimum Gasteiger partial charge on any atom is -0.493 e. The third-order valence-corrected chi connectivity index (χ3v) is 5.32. The molecule has 2 aliphatic rings. The highest BCUT2D eigenvalue weighted by atomic mass is 16.5. The fraction of sp³-hybridized carbons (Fsp3) is 0.632. The number of benzene rings is 1. The second-order valence-electron chi connectivity index (χ2n) is 7.48. The molecule has 0 atom stereocenters. The molecule has 0 spiro atoms. The van der Waals surface area contributed by atoms with Crippen molar-refractivity contribution in [3.63, 3.8) is 0 Å². The summed E-state index contributed by atoms with van der Waals surface area (Å²) in [5.74, 6) is 1.46. The molecule has 1 N–H and O–H groups in total. The molecule has 0 aromatic heterocycles. The fourth-order valence-electron chi connectivity index (χ4n) is 3.89. The molecule has 1 aromatic carbocycles. The van der Waals surface area contributed by atoms with Crippen molar-refractivity contribution in [2.24, 2.45) is 0 Å². The second kappa shape index (κ2) is 6.54. The average molecular weight is 332 g/mol. The average Bonchev–Trinajstić information content (AvgIpc) is 3.05. The lowest BCUT2D eigenvalue weighted by Crippen LogP contribution is -2.56. The van der Waals surface area contributed by atoms with Crippen LogP contribution in [0.2, 0.25) is 0 Å². The maximum atomic E-state index is 12.8. The molecule has 2 amide bonds. The van der Waals surface area contributed by atoms with Crippen LogP contribution in [0.3, 0.4) is 0 Å². The van der Waals surface area contributed by atoms with Crippen LogP contribution in [0.25, 0.3) is 0 Å². The SMILES string of the molecule is COc1cc2c(cc1OC)CC(C)(C)N(C(=O)NC1CCCC1)C2. The topological polar surface area (TPSA) is 50.8 Å². The van der Waals surface area contributed by atoms with E-state index in [0.29, 0.717) is 18.3 Å². The van der Waals surface area contributed by atoms with Gasteiger partial charge in [0.25, 0.3) is 0 Å². The van der Waals surface area contributed by atoms with Crippen molar-refractivity contribution in [1.29, 1.82) is 0 Å². The third-order valence-electron chi connectivity index (χ3n) is 5.32. The van der Waals surface area contributed by atoms with Gasteiger partial charge in [0, 0.05) is 18.1 Å². The molecule has 0 radical (unpaired) electrons. The molecule has 1 heterocycles. The highest BCUT2D eigenvalue weighted by Crippen LogP contribution is 2.37. The van der Waals surface area contributed by atoms with Gasteiger partial charge in [0.05, 0.1) is 14.2 Å². The largest absolute Gasteiger partial charge is 0.493 e. The first-order valence-electron chi connectivity index (χ1n) is 8.76. The van der Waals surface area contributed by atoms with E-state index in [0.717, 1.165) is 30.6 Å². The van der Waals surface area contributed by atoms with Crippen LogP contribution in [0, 0.1) is 0 Å². The van der Waals surface area contributed by atoms with Gasteiger partial charge in [-0.3, -0.25) is 0 Å². The van der Waals surface area contributed by atoms with E-state index in [1.54, 1.807) is 14.2 Å². The smallest absolute Gasteiger partial charge is 0.318 e. The first-order chi connectivity index (χ1) is 11.4. The Morgan fingerprint density at radius 1 is 1.12 bits per heavy atom. The summed E-state index contributed by atoms with van der Waals surface area (Å²) in [6.07, 6.45) is 5.44. The van der Waals surface area contributed by atoms with E-state index in [4.69, 9.17) is 9.47 Å². The third kappa shape index (κ3) is 3.17. The fourth-order valence-corrected chi connectivity index (χ4v) is 3.89. The number of urea groups is 1. The molecule has 0 bridgehead atoms. The Hall–Kier alpha value is -1.91. The second-order valence-corrected chi connectivity index (χ2v) is 7.48. The molecule has 1 fully saturated rings. The Bertz CT molecular complexity index is 621. The number of carbonyl (C=O) groups excluding carboxylic acids is 1. The zero-order valence-corrected chi connectivity index (χ0v) is 15.1. The first kappa shape index (κ1) is 16.9. The van der Waals surface area contributed by atoms with Crippen LogP contribution in [-0.2, 0) is 13.0 Å². The van der Waals surface area contributed by atoms with Crippen LogP contribution in [0.15, 0.2) is 12.1 Å². The molecule has 1 aromatic rings. The molecule has 132 valence electrons. The Balaban J connectivity index is 1.84. The van der Waals surface area contributed by atoms with Crippen molar-refractivity contribution in [2.75, 3.05) is 14.2 Å². The van der Waals surface area contributed by atoms with Gasteiger partial charge in [0.2, 0.25) is 0 Å². The van der Waals surface area contributed by atoms with Gasteiger partial charge in [-0.25, -0.2) is 4.79 Å². The van der Waals surface area contributed by atoms with Crippen molar-refractivity contribution < 1.29 is 14.3 Å². The van der Waals surface area contributed by atoms with E-state index in [-0.39, 0.29) is 11.6 Å². The van der Waals surface area contributed by atoms with Gasteiger partial charge in [0.1, 0.15) is 0 Å². The summed E-state index contributed by atoms with van der Waals surface area (Å²) in [7, 11) is 3.29. The minimum atomic E-state index is -0.227. The Morgan fingerprint density at radius 2 is 1.71 bits per heavy atom. The number of amides is 2. The number of hydrogen-bond donors (Lipinski definition) is 1. The minimum absolute atomic E-state index is 0.0485. The lowest BCUT2D eigenvalue weighted by Gasteiger charge is -2.43. The molecular weight excluding hydrogens is 304 g/mol. The van der Waals surface area contributed by atoms with E-state index in [9.17, 15) is 4.79 Å².